The van der Waals surface area contributed by atoms with E-state index in [-0.39, 0.29) is 12.4 Å². The lowest BCUT2D eigenvalue weighted by atomic mass is 10.1. The second kappa shape index (κ2) is 5.46. The van der Waals surface area contributed by atoms with E-state index < -0.39 is 0 Å². The van der Waals surface area contributed by atoms with Crippen molar-refractivity contribution in [3.8, 4) is 5.75 Å². The first kappa shape index (κ1) is 11.6. The number of halogens is 1. The zero-order valence-corrected chi connectivity index (χ0v) is 9.27. The van der Waals surface area contributed by atoms with Crippen molar-refractivity contribution < 1.29 is 14.2 Å². The van der Waals surface area contributed by atoms with E-state index in [1.54, 1.807) is 12.1 Å². The van der Waals surface area contributed by atoms with Crippen molar-refractivity contribution in [3.63, 3.8) is 0 Å². The van der Waals surface area contributed by atoms with Crippen LogP contribution in [0.25, 0.3) is 0 Å². The third-order valence-electron chi connectivity index (χ3n) is 2.50. The monoisotopic (exact) mass is 232 g/mol. The minimum Gasteiger partial charge on any atom is -0.489 e. The van der Waals surface area contributed by atoms with Gasteiger partial charge in [-0.05, 0) is 35.4 Å². The summed E-state index contributed by atoms with van der Waals surface area (Å²) in [5, 5.41) is 9.15. The van der Waals surface area contributed by atoms with Gasteiger partial charge in [0.15, 0.2) is 0 Å². The Morgan fingerprint density at radius 2 is 1.59 bits per heavy atom. The fourth-order valence-corrected chi connectivity index (χ4v) is 1.54. The Hall–Kier alpha value is -1.87. The second-order valence-electron chi connectivity index (χ2n) is 3.67. The Morgan fingerprint density at radius 3 is 2.24 bits per heavy atom. The van der Waals surface area contributed by atoms with E-state index >= 15 is 0 Å². The van der Waals surface area contributed by atoms with Gasteiger partial charge in [-0.2, -0.15) is 0 Å². The van der Waals surface area contributed by atoms with Crippen LogP contribution in [-0.2, 0) is 13.2 Å². The van der Waals surface area contributed by atoms with Gasteiger partial charge in [0, 0.05) is 0 Å². The van der Waals surface area contributed by atoms with Crippen LogP contribution < -0.4 is 4.74 Å². The molecule has 0 fully saturated rings. The lowest BCUT2D eigenvalue weighted by molar-refractivity contribution is 0.269. The molecule has 0 saturated heterocycles. The zero-order valence-electron chi connectivity index (χ0n) is 9.27. The van der Waals surface area contributed by atoms with Gasteiger partial charge in [-0.15, -0.1) is 0 Å². The first-order chi connectivity index (χ1) is 8.29. The van der Waals surface area contributed by atoms with Gasteiger partial charge in [-0.3, -0.25) is 0 Å². The molecule has 1 N–H and O–H groups in total. The minimum absolute atomic E-state index is 0.0110. The Morgan fingerprint density at radius 1 is 0.941 bits per heavy atom. The number of hydrogen-bond donors (Lipinski definition) is 1. The summed E-state index contributed by atoms with van der Waals surface area (Å²) in [6, 6.07) is 13.4. The van der Waals surface area contributed by atoms with Gasteiger partial charge in [-0.25, -0.2) is 4.39 Å². The van der Waals surface area contributed by atoms with E-state index in [1.165, 1.54) is 12.1 Å². The van der Waals surface area contributed by atoms with E-state index in [0.717, 1.165) is 11.1 Å². The van der Waals surface area contributed by atoms with Crippen LogP contribution in [0.1, 0.15) is 11.1 Å². The molecule has 0 unspecified atom stereocenters. The van der Waals surface area contributed by atoms with Gasteiger partial charge < -0.3 is 9.84 Å². The summed E-state index contributed by atoms with van der Waals surface area (Å²) in [6.45, 7) is 0.352. The molecule has 0 aliphatic rings. The molecule has 0 atom stereocenters. The molecule has 0 heterocycles. The number of benzene rings is 2. The maximum atomic E-state index is 12.7. The summed E-state index contributed by atoms with van der Waals surface area (Å²) in [5.41, 5.74) is 1.77. The van der Waals surface area contributed by atoms with E-state index in [0.29, 0.717) is 12.4 Å². The molecule has 0 aliphatic carbocycles. The summed E-state index contributed by atoms with van der Waals surface area (Å²) in [4.78, 5) is 0. The highest BCUT2D eigenvalue weighted by Gasteiger charge is 2.01. The molecule has 17 heavy (non-hydrogen) atoms. The Kier molecular flexibility index (Phi) is 3.73. The van der Waals surface area contributed by atoms with Gasteiger partial charge in [0.25, 0.3) is 0 Å². The van der Waals surface area contributed by atoms with Gasteiger partial charge >= 0.3 is 0 Å². The topological polar surface area (TPSA) is 29.5 Å². The van der Waals surface area contributed by atoms with Crippen molar-refractivity contribution in [1.29, 1.82) is 0 Å². The number of hydrogen-bond acceptors (Lipinski definition) is 2. The molecule has 2 nitrogen and oxygen atoms in total. The fraction of sp³-hybridized carbons (Fsp3) is 0.143. The number of ether oxygens (including phenoxy) is 1. The first-order valence-corrected chi connectivity index (χ1v) is 5.35. The first-order valence-electron chi connectivity index (χ1n) is 5.35. The predicted octanol–water partition coefficient (Wildman–Crippen LogP) is 2.90. The van der Waals surface area contributed by atoms with Crippen LogP contribution in [0.5, 0.6) is 5.75 Å². The van der Waals surface area contributed by atoms with Crippen LogP contribution in [0.15, 0.2) is 48.5 Å². The van der Waals surface area contributed by atoms with Gasteiger partial charge in [0.2, 0.25) is 0 Å². The molecular formula is C14H13FO2. The van der Waals surface area contributed by atoms with Crippen molar-refractivity contribution in [2.75, 3.05) is 0 Å². The van der Waals surface area contributed by atoms with Crippen molar-refractivity contribution in [2.24, 2.45) is 0 Å². The molecule has 0 saturated carbocycles. The average Bonchev–Trinajstić information content (AvgIpc) is 2.38. The maximum Gasteiger partial charge on any atom is 0.123 e. The maximum absolute atomic E-state index is 12.7. The predicted molar refractivity (Wildman–Crippen MR) is 63.1 cm³/mol. The molecule has 0 aromatic heterocycles. The molecule has 3 heteroatoms. The average molecular weight is 232 g/mol. The SMILES string of the molecule is OCc1ccccc1COc1ccc(F)cc1. The fourth-order valence-electron chi connectivity index (χ4n) is 1.54. The summed E-state index contributed by atoms with van der Waals surface area (Å²) >= 11 is 0. The molecule has 2 rings (SSSR count). The molecule has 0 radical (unpaired) electrons. The molecule has 2 aromatic rings. The van der Waals surface area contributed by atoms with Gasteiger partial charge in [0.1, 0.15) is 18.2 Å². The van der Waals surface area contributed by atoms with E-state index in [1.807, 2.05) is 24.3 Å². The number of aliphatic hydroxyl groups excluding tert-OH is 1. The summed E-state index contributed by atoms with van der Waals surface area (Å²) in [5.74, 6) is 0.326. The van der Waals surface area contributed by atoms with E-state index in [9.17, 15) is 4.39 Å². The third-order valence-corrected chi connectivity index (χ3v) is 2.50. The zero-order chi connectivity index (χ0) is 12.1. The highest BCUT2D eigenvalue weighted by molar-refractivity contribution is 5.27. The van der Waals surface area contributed by atoms with Crippen LogP contribution in [0, 0.1) is 5.82 Å². The lowest BCUT2D eigenvalue weighted by Crippen LogP contribution is -2.00. The van der Waals surface area contributed by atoms with Crippen LogP contribution in [-0.4, -0.2) is 5.11 Å². The van der Waals surface area contributed by atoms with Crippen molar-refractivity contribution in [3.05, 3.63) is 65.5 Å². The summed E-state index contributed by atoms with van der Waals surface area (Å²) in [6.07, 6.45) is 0. The highest BCUT2D eigenvalue weighted by atomic mass is 19.1. The quantitative estimate of drug-likeness (QED) is 0.878. The largest absolute Gasteiger partial charge is 0.489 e. The number of rotatable bonds is 4. The van der Waals surface area contributed by atoms with Crippen LogP contribution in [0.4, 0.5) is 4.39 Å². The van der Waals surface area contributed by atoms with Crippen LogP contribution in [0.2, 0.25) is 0 Å². The molecule has 0 aliphatic heterocycles. The third kappa shape index (κ3) is 3.04. The van der Waals surface area contributed by atoms with Gasteiger partial charge in [0.05, 0.1) is 6.61 Å². The van der Waals surface area contributed by atoms with Crippen molar-refractivity contribution in [1.82, 2.24) is 0 Å². The van der Waals surface area contributed by atoms with Crippen LogP contribution in [0.3, 0.4) is 0 Å². The van der Waals surface area contributed by atoms with Crippen molar-refractivity contribution >= 4 is 0 Å². The summed E-state index contributed by atoms with van der Waals surface area (Å²) in [7, 11) is 0. The molecule has 0 amide bonds. The minimum atomic E-state index is -0.284. The lowest BCUT2D eigenvalue weighted by Gasteiger charge is -2.09. The van der Waals surface area contributed by atoms with E-state index in [4.69, 9.17) is 9.84 Å². The highest BCUT2D eigenvalue weighted by Crippen LogP contribution is 2.15. The Labute approximate surface area is 99.3 Å². The molecule has 0 spiro atoms. The Bertz CT molecular complexity index is 480. The second-order valence-corrected chi connectivity index (χ2v) is 3.67. The molecule has 0 bridgehead atoms. The molecule has 2 aromatic carbocycles. The van der Waals surface area contributed by atoms with Gasteiger partial charge in [-0.1, -0.05) is 24.3 Å². The normalized spacial score (nSPS) is 10.2. The van der Waals surface area contributed by atoms with Crippen LogP contribution >= 0.6 is 0 Å². The molecular weight excluding hydrogens is 219 g/mol. The van der Waals surface area contributed by atoms with E-state index in [2.05, 4.69) is 0 Å². The smallest absolute Gasteiger partial charge is 0.123 e. The standard InChI is InChI=1S/C14H13FO2/c15-13-5-7-14(8-6-13)17-10-12-4-2-1-3-11(12)9-16/h1-8,16H,9-10H2. The van der Waals surface area contributed by atoms with Crippen molar-refractivity contribution in [2.45, 2.75) is 13.2 Å². The summed E-state index contributed by atoms with van der Waals surface area (Å²) < 4.78 is 18.2. The molecule has 88 valence electrons. The Balaban J connectivity index is 2.04. The number of aliphatic hydroxyl groups is 1.